The van der Waals surface area contributed by atoms with Crippen LogP contribution in [0.15, 0.2) is 99.5 Å². The minimum Gasteiger partial charge on any atom is -0.431 e. The Morgan fingerprint density at radius 3 is 2.36 bits per heavy atom. The van der Waals surface area contributed by atoms with Gasteiger partial charge in [0.1, 0.15) is 5.52 Å². The first-order valence-corrected chi connectivity index (χ1v) is 13.0. The fraction of sp³-hybridized carbons (Fsp3) is 0.115. The minimum absolute atomic E-state index is 0.223. The molecule has 5 aromatic rings. The molecule has 0 saturated heterocycles. The maximum Gasteiger partial charge on any atom is 0.257 e. The van der Waals surface area contributed by atoms with Crippen LogP contribution in [-0.4, -0.2) is 13.4 Å². The van der Waals surface area contributed by atoms with Crippen LogP contribution in [0, 0.1) is 6.92 Å². The van der Waals surface area contributed by atoms with Crippen molar-refractivity contribution in [2.75, 3.05) is 0 Å². The first kappa shape index (κ1) is 20.5. The Hall–Kier alpha value is -3.13. The summed E-state index contributed by atoms with van der Waals surface area (Å²) in [6.45, 7) is 1.94. The lowest BCUT2D eigenvalue weighted by molar-refractivity contribution is 0.485. The highest BCUT2D eigenvalue weighted by Gasteiger charge is 2.38. The van der Waals surface area contributed by atoms with Crippen molar-refractivity contribution in [1.29, 1.82) is 0 Å². The van der Waals surface area contributed by atoms with Gasteiger partial charge in [0.25, 0.3) is 5.22 Å². The Morgan fingerprint density at radius 1 is 0.879 bits per heavy atom. The first-order chi connectivity index (χ1) is 16.0. The van der Waals surface area contributed by atoms with E-state index in [1.807, 2.05) is 61.5 Å². The first-order valence-electron chi connectivity index (χ1n) is 10.6. The molecule has 1 aliphatic carbocycles. The number of hydrogen-bond donors (Lipinski definition) is 1. The third-order valence-electron chi connectivity index (χ3n) is 6.03. The summed E-state index contributed by atoms with van der Waals surface area (Å²) >= 11 is 1.45. The molecule has 1 heterocycles. The van der Waals surface area contributed by atoms with Gasteiger partial charge in [-0.15, -0.1) is 0 Å². The number of hydrogen-bond acceptors (Lipinski definition) is 5. The number of oxazole rings is 1. The Balaban J connectivity index is 1.44. The van der Waals surface area contributed by atoms with E-state index in [9.17, 15) is 8.42 Å². The van der Waals surface area contributed by atoms with Gasteiger partial charge in [-0.2, -0.15) is 0 Å². The zero-order valence-corrected chi connectivity index (χ0v) is 19.4. The average molecular weight is 473 g/mol. The van der Waals surface area contributed by atoms with Crippen molar-refractivity contribution in [3.8, 4) is 0 Å². The number of thioether (sulfide) groups is 1. The van der Waals surface area contributed by atoms with Crippen molar-refractivity contribution in [2.24, 2.45) is 0 Å². The molecule has 2 atom stereocenters. The maximum atomic E-state index is 13.3. The van der Waals surface area contributed by atoms with Crippen LogP contribution in [0.25, 0.3) is 21.9 Å². The molecule has 0 amide bonds. The normalized spacial score (nSPS) is 17.7. The van der Waals surface area contributed by atoms with E-state index in [-0.39, 0.29) is 10.1 Å². The molecule has 5 nitrogen and oxygen atoms in total. The molecule has 2 unspecified atom stereocenters. The van der Waals surface area contributed by atoms with Crippen LogP contribution < -0.4 is 4.72 Å². The molecular formula is C26H20N2O3S2. The molecule has 0 saturated carbocycles. The van der Waals surface area contributed by atoms with Crippen LogP contribution in [0.3, 0.4) is 0 Å². The predicted octanol–water partition coefficient (Wildman–Crippen LogP) is 6.16. The molecule has 0 radical (unpaired) electrons. The van der Waals surface area contributed by atoms with E-state index in [2.05, 4.69) is 27.9 Å². The van der Waals surface area contributed by atoms with Gasteiger partial charge in [-0.3, -0.25) is 0 Å². The maximum absolute atomic E-state index is 13.3. The number of aryl methyl sites for hydroxylation is 1. The smallest absolute Gasteiger partial charge is 0.257 e. The standard InChI is InChI=1S/C26H20N2O3S2/c1-16-12-14-18(15-13-16)33(29,30)28-24-19-8-4-6-17-7-5-9-20(23(17)19)25(24)32-26-27-21-10-2-3-11-22(21)31-26/h2-15,24-25,28H,1H3. The summed E-state index contributed by atoms with van der Waals surface area (Å²) in [7, 11) is -3.74. The molecule has 1 N–H and O–H groups in total. The molecule has 4 aromatic carbocycles. The molecule has 6 rings (SSSR count). The number of aromatic nitrogens is 1. The second-order valence-corrected chi connectivity index (χ2v) is 11.0. The minimum atomic E-state index is -3.74. The van der Waals surface area contributed by atoms with E-state index in [1.54, 1.807) is 12.1 Å². The van der Waals surface area contributed by atoms with Crippen molar-refractivity contribution < 1.29 is 12.8 Å². The topological polar surface area (TPSA) is 72.2 Å². The van der Waals surface area contributed by atoms with E-state index in [0.717, 1.165) is 33.0 Å². The van der Waals surface area contributed by atoms with Gasteiger partial charge in [-0.1, -0.05) is 78.0 Å². The van der Waals surface area contributed by atoms with Crippen LogP contribution in [0.2, 0.25) is 0 Å². The fourth-order valence-corrected chi connectivity index (χ4v) is 6.95. The summed E-state index contributed by atoms with van der Waals surface area (Å²) in [4.78, 5) is 4.87. The molecule has 7 heteroatoms. The van der Waals surface area contributed by atoms with Gasteiger partial charge in [0.2, 0.25) is 10.0 Å². The van der Waals surface area contributed by atoms with Gasteiger partial charge in [-0.25, -0.2) is 18.1 Å². The second-order valence-electron chi connectivity index (χ2n) is 8.19. The van der Waals surface area contributed by atoms with Crippen LogP contribution in [-0.2, 0) is 10.0 Å². The van der Waals surface area contributed by atoms with Crippen molar-refractivity contribution >= 4 is 43.7 Å². The molecule has 164 valence electrons. The molecule has 0 aliphatic heterocycles. The van der Waals surface area contributed by atoms with Crippen LogP contribution in [0.1, 0.15) is 28.0 Å². The van der Waals surface area contributed by atoms with Crippen LogP contribution >= 0.6 is 11.8 Å². The number of rotatable bonds is 5. The molecular weight excluding hydrogens is 452 g/mol. The van der Waals surface area contributed by atoms with Gasteiger partial charge in [0, 0.05) is 0 Å². The lowest BCUT2D eigenvalue weighted by Gasteiger charge is -2.21. The predicted molar refractivity (Wildman–Crippen MR) is 131 cm³/mol. The van der Waals surface area contributed by atoms with Crippen LogP contribution in [0.4, 0.5) is 0 Å². The van der Waals surface area contributed by atoms with Crippen molar-refractivity contribution in [3.05, 3.63) is 102 Å². The zero-order chi connectivity index (χ0) is 22.6. The fourth-order valence-electron chi connectivity index (χ4n) is 4.46. The number of fused-ring (bicyclic) bond motifs is 1. The number of benzene rings is 4. The summed E-state index contributed by atoms with van der Waals surface area (Å²) < 4.78 is 35.7. The summed E-state index contributed by atoms with van der Waals surface area (Å²) in [5, 5.41) is 2.47. The number of nitrogens with one attached hydrogen (secondary N) is 1. The largest absolute Gasteiger partial charge is 0.431 e. The number of para-hydroxylation sites is 2. The zero-order valence-electron chi connectivity index (χ0n) is 17.7. The monoisotopic (exact) mass is 472 g/mol. The van der Waals surface area contributed by atoms with E-state index >= 15 is 0 Å². The van der Waals surface area contributed by atoms with Gasteiger partial charge < -0.3 is 4.42 Å². The Morgan fingerprint density at radius 2 is 1.61 bits per heavy atom. The summed E-state index contributed by atoms with van der Waals surface area (Å²) in [5.74, 6) is 0. The summed E-state index contributed by atoms with van der Waals surface area (Å²) in [5.41, 5.74) is 4.55. The number of nitrogens with zero attached hydrogens (tertiary/aromatic N) is 1. The summed E-state index contributed by atoms with van der Waals surface area (Å²) in [6.07, 6.45) is 0. The molecule has 33 heavy (non-hydrogen) atoms. The molecule has 0 bridgehead atoms. The highest BCUT2D eigenvalue weighted by molar-refractivity contribution is 7.99. The average Bonchev–Trinajstić information content (AvgIpc) is 3.35. The molecule has 0 spiro atoms. The van der Waals surface area contributed by atoms with Gasteiger partial charge in [-0.05, 0) is 53.1 Å². The Bertz CT molecular complexity index is 1570. The third-order valence-corrected chi connectivity index (χ3v) is 8.64. The quantitative estimate of drug-likeness (QED) is 0.332. The molecule has 0 fully saturated rings. The highest BCUT2D eigenvalue weighted by Crippen LogP contribution is 2.53. The van der Waals surface area contributed by atoms with E-state index in [1.165, 1.54) is 11.8 Å². The van der Waals surface area contributed by atoms with Gasteiger partial charge in [0.05, 0.1) is 16.2 Å². The number of sulfonamides is 1. The molecule has 1 aromatic heterocycles. The lowest BCUT2D eigenvalue weighted by Crippen LogP contribution is -2.30. The second kappa shape index (κ2) is 7.73. The Kier molecular flexibility index (Phi) is 4.79. The van der Waals surface area contributed by atoms with Crippen molar-refractivity contribution in [2.45, 2.75) is 28.3 Å². The van der Waals surface area contributed by atoms with E-state index in [0.29, 0.717) is 10.8 Å². The van der Waals surface area contributed by atoms with E-state index < -0.39 is 16.1 Å². The molecule has 1 aliphatic rings. The van der Waals surface area contributed by atoms with E-state index in [4.69, 9.17) is 4.42 Å². The van der Waals surface area contributed by atoms with Crippen molar-refractivity contribution in [3.63, 3.8) is 0 Å². The van der Waals surface area contributed by atoms with Gasteiger partial charge in [0.15, 0.2) is 5.58 Å². The van der Waals surface area contributed by atoms with Gasteiger partial charge >= 0.3 is 0 Å². The Labute approximate surface area is 195 Å². The summed E-state index contributed by atoms with van der Waals surface area (Å²) in [6, 6.07) is 26.2. The highest BCUT2D eigenvalue weighted by atomic mass is 32.2. The van der Waals surface area contributed by atoms with Crippen LogP contribution in [0.5, 0.6) is 0 Å². The third kappa shape index (κ3) is 3.53. The van der Waals surface area contributed by atoms with Crippen molar-refractivity contribution in [1.82, 2.24) is 9.71 Å². The lowest BCUT2D eigenvalue weighted by atomic mass is 10.1. The SMILES string of the molecule is Cc1ccc(S(=O)(=O)NC2c3cccc4cccc(c34)C2Sc2nc3ccccc3o2)cc1.